The number of hydrogen-bond donors (Lipinski definition) is 0. The Morgan fingerprint density at radius 1 is 1.10 bits per heavy atom. The molecule has 21 heavy (non-hydrogen) atoms. The minimum absolute atomic E-state index is 0.185. The van der Waals surface area contributed by atoms with Gasteiger partial charge in [-0.1, -0.05) is 51.8 Å². The van der Waals surface area contributed by atoms with E-state index in [1.807, 2.05) is 6.92 Å². The highest BCUT2D eigenvalue weighted by molar-refractivity contribution is 9.09. The first kappa shape index (κ1) is 14.6. The Kier molecular flexibility index (Phi) is 4.34. The van der Waals surface area contributed by atoms with E-state index in [0.717, 1.165) is 5.75 Å². The summed E-state index contributed by atoms with van der Waals surface area (Å²) in [6.45, 7) is 4.85. The molecule has 0 saturated heterocycles. The topological polar surface area (TPSA) is 9.23 Å². The van der Waals surface area contributed by atoms with Crippen LogP contribution in [0.15, 0.2) is 36.4 Å². The van der Waals surface area contributed by atoms with Crippen LogP contribution in [-0.4, -0.2) is 6.61 Å². The quantitative estimate of drug-likeness (QED) is 0.677. The summed E-state index contributed by atoms with van der Waals surface area (Å²) >= 11 is 3.88. The third-order valence-electron chi connectivity index (χ3n) is 4.15. The van der Waals surface area contributed by atoms with Gasteiger partial charge in [-0.25, -0.2) is 0 Å². The normalized spacial score (nSPS) is 14.8. The number of benzene rings is 2. The lowest BCUT2D eigenvalue weighted by atomic mass is 9.98. The molecule has 2 aromatic carbocycles. The molecule has 1 aliphatic rings. The zero-order valence-corrected chi connectivity index (χ0v) is 14.2. The standard InChI is InChI=1S/C19H21BrO/c1-3-21-18-10-7-13(2)11-17(18)19(20)16-9-8-14-5-4-6-15(14)12-16/h7-12,19H,3-6H2,1-2H3. The van der Waals surface area contributed by atoms with Crippen LogP contribution in [0.2, 0.25) is 0 Å². The smallest absolute Gasteiger partial charge is 0.123 e. The van der Waals surface area contributed by atoms with E-state index < -0.39 is 0 Å². The van der Waals surface area contributed by atoms with Crippen molar-refractivity contribution in [1.82, 2.24) is 0 Å². The summed E-state index contributed by atoms with van der Waals surface area (Å²) in [5.74, 6) is 0.977. The first-order valence-corrected chi connectivity index (χ1v) is 8.59. The molecule has 0 aliphatic heterocycles. The van der Waals surface area contributed by atoms with Crippen molar-refractivity contribution in [2.75, 3.05) is 6.61 Å². The van der Waals surface area contributed by atoms with Crippen molar-refractivity contribution in [2.45, 2.75) is 37.9 Å². The summed E-state index contributed by atoms with van der Waals surface area (Å²) in [6, 6.07) is 13.3. The van der Waals surface area contributed by atoms with Gasteiger partial charge in [-0.2, -0.15) is 0 Å². The van der Waals surface area contributed by atoms with Crippen LogP contribution in [0.25, 0.3) is 0 Å². The average Bonchev–Trinajstić information content (AvgIpc) is 2.96. The van der Waals surface area contributed by atoms with Crippen LogP contribution >= 0.6 is 15.9 Å². The zero-order chi connectivity index (χ0) is 14.8. The molecule has 0 saturated carbocycles. The fourth-order valence-electron chi connectivity index (χ4n) is 3.08. The lowest BCUT2D eigenvalue weighted by molar-refractivity contribution is 0.337. The van der Waals surface area contributed by atoms with Crippen LogP contribution in [0, 0.1) is 6.92 Å². The van der Waals surface area contributed by atoms with E-state index in [9.17, 15) is 0 Å². The number of fused-ring (bicyclic) bond motifs is 1. The van der Waals surface area contributed by atoms with E-state index in [2.05, 4.69) is 59.3 Å². The van der Waals surface area contributed by atoms with Gasteiger partial charge in [0, 0.05) is 5.56 Å². The van der Waals surface area contributed by atoms with Gasteiger partial charge in [-0.15, -0.1) is 0 Å². The number of hydrogen-bond acceptors (Lipinski definition) is 1. The number of rotatable bonds is 4. The second-order valence-electron chi connectivity index (χ2n) is 5.72. The fraction of sp³-hybridized carbons (Fsp3) is 0.368. The van der Waals surface area contributed by atoms with Gasteiger partial charge in [-0.3, -0.25) is 0 Å². The van der Waals surface area contributed by atoms with Gasteiger partial charge in [0.25, 0.3) is 0 Å². The summed E-state index contributed by atoms with van der Waals surface area (Å²) in [5.41, 5.74) is 6.84. The minimum Gasteiger partial charge on any atom is -0.494 e. The number of halogens is 1. The van der Waals surface area contributed by atoms with Crippen molar-refractivity contribution < 1.29 is 4.74 Å². The Morgan fingerprint density at radius 2 is 1.90 bits per heavy atom. The van der Waals surface area contributed by atoms with E-state index in [1.54, 1.807) is 0 Å². The molecular formula is C19H21BrO. The van der Waals surface area contributed by atoms with Crippen molar-refractivity contribution >= 4 is 15.9 Å². The third kappa shape index (κ3) is 3.01. The Hall–Kier alpha value is -1.28. The van der Waals surface area contributed by atoms with E-state index in [0.29, 0.717) is 6.61 Å². The molecule has 0 aromatic heterocycles. The number of alkyl halides is 1. The lowest BCUT2D eigenvalue weighted by Crippen LogP contribution is -2.01. The van der Waals surface area contributed by atoms with Crippen LogP contribution in [-0.2, 0) is 12.8 Å². The van der Waals surface area contributed by atoms with Crippen molar-refractivity contribution in [2.24, 2.45) is 0 Å². The number of ether oxygens (including phenoxy) is 1. The second kappa shape index (κ2) is 6.23. The molecule has 0 fully saturated rings. The first-order chi connectivity index (χ1) is 10.2. The molecule has 2 heteroatoms. The van der Waals surface area contributed by atoms with Crippen molar-refractivity contribution in [3.05, 3.63) is 64.2 Å². The molecule has 0 radical (unpaired) electrons. The van der Waals surface area contributed by atoms with Gasteiger partial charge in [0.15, 0.2) is 0 Å². The van der Waals surface area contributed by atoms with Crippen LogP contribution in [0.5, 0.6) is 5.75 Å². The summed E-state index contributed by atoms with van der Waals surface area (Å²) in [6.07, 6.45) is 3.74. The Labute approximate surface area is 135 Å². The molecule has 2 aromatic rings. The molecule has 1 nitrogen and oxygen atoms in total. The molecule has 0 N–H and O–H groups in total. The molecule has 0 heterocycles. The SMILES string of the molecule is CCOc1ccc(C)cc1C(Br)c1ccc2c(c1)CCC2. The van der Waals surface area contributed by atoms with Crippen LogP contribution in [0.3, 0.4) is 0 Å². The zero-order valence-electron chi connectivity index (χ0n) is 12.7. The van der Waals surface area contributed by atoms with Crippen molar-refractivity contribution in [3.63, 3.8) is 0 Å². The minimum atomic E-state index is 0.185. The molecule has 0 amide bonds. The maximum Gasteiger partial charge on any atom is 0.123 e. The average molecular weight is 345 g/mol. The molecule has 1 unspecified atom stereocenters. The van der Waals surface area contributed by atoms with Crippen LogP contribution in [0.4, 0.5) is 0 Å². The van der Waals surface area contributed by atoms with Gasteiger partial charge in [0.05, 0.1) is 11.4 Å². The van der Waals surface area contributed by atoms with E-state index in [1.165, 1.54) is 47.1 Å². The van der Waals surface area contributed by atoms with Gasteiger partial charge in [0.1, 0.15) is 5.75 Å². The molecule has 3 rings (SSSR count). The molecule has 0 spiro atoms. The summed E-state index contributed by atoms with van der Waals surface area (Å²) in [4.78, 5) is 0.185. The first-order valence-electron chi connectivity index (χ1n) is 7.68. The van der Waals surface area contributed by atoms with E-state index in [4.69, 9.17) is 4.74 Å². The van der Waals surface area contributed by atoms with Crippen LogP contribution in [0.1, 0.15) is 46.0 Å². The Bertz CT molecular complexity index is 648. The summed E-state index contributed by atoms with van der Waals surface area (Å²) < 4.78 is 5.80. The fourth-order valence-corrected chi connectivity index (χ4v) is 3.72. The van der Waals surface area contributed by atoms with Crippen LogP contribution < -0.4 is 4.74 Å². The predicted molar refractivity (Wildman–Crippen MR) is 91.6 cm³/mol. The third-order valence-corrected chi connectivity index (χ3v) is 5.18. The Balaban J connectivity index is 1.97. The maximum atomic E-state index is 5.80. The Morgan fingerprint density at radius 3 is 2.71 bits per heavy atom. The van der Waals surface area contributed by atoms with E-state index in [-0.39, 0.29) is 4.83 Å². The second-order valence-corrected chi connectivity index (χ2v) is 6.63. The highest BCUT2D eigenvalue weighted by Gasteiger charge is 2.18. The van der Waals surface area contributed by atoms with Crippen molar-refractivity contribution in [1.29, 1.82) is 0 Å². The lowest BCUT2D eigenvalue weighted by Gasteiger charge is -2.17. The molecular weight excluding hydrogens is 324 g/mol. The van der Waals surface area contributed by atoms with Gasteiger partial charge < -0.3 is 4.74 Å². The summed E-state index contributed by atoms with van der Waals surface area (Å²) in [7, 11) is 0. The maximum absolute atomic E-state index is 5.80. The summed E-state index contributed by atoms with van der Waals surface area (Å²) in [5, 5.41) is 0. The molecule has 110 valence electrons. The van der Waals surface area contributed by atoms with Crippen molar-refractivity contribution in [3.8, 4) is 5.75 Å². The largest absolute Gasteiger partial charge is 0.494 e. The molecule has 0 bridgehead atoms. The van der Waals surface area contributed by atoms with Gasteiger partial charge in [-0.05, 0) is 55.9 Å². The number of aryl methyl sites for hydroxylation is 3. The highest BCUT2D eigenvalue weighted by atomic mass is 79.9. The monoisotopic (exact) mass is 344 g/mol. The highest BCUT2D eigenvalue weighted by Crippen LogP contribution is 2.38. The van der Waals surface area contributed by atoms with Gasteiger partial charge in [0.2, 0.25) is 0 Å². The molecule has 1 atom stereocenters. The van der Waals surface area contributed by atoms with Gasteiger partial charge >= 0.3 is 0 Å². The molecule has 1 aliphatic carbocycles. The predicted octanol–water partition coefficient (Wildman–Crippen LogP) is 5.37. The van der Waals surface area contributed by atoms with E-state index >= 15 is 0 Å².